The van der Waals surface area contributed by atoms with Crippen LogP contribution in [0.25, 0.3) is 11.6 Å². The average Bonchev–Trinajstić information content (AvgIpc) is 3.30. The zero-order valence-corrected chi connectivity index (χ0v) is 18.4. The zero-order valence-electron chi connectivity index (χ0n) is 18.4. The van der Waals surface area contributed by atoms with E-state index in [9.17, 15) is 0 Å². The maximum absolute atomic E-state index is 6.32. The first-order valence-corrected chi connectivity index (χ1v) is 10.6. The first-order chi connectivity index (χ1) is 15.0. The Morgan fingerprint density at radius 2 is 2.03 bits per heavy atom. The number of methoxy groups -OCH3 is 1. The monoisotopic (exact) mass is 418 g/mol. The van der Waals surface area contributed by atoms with E-state index in [0.717, 1.165) is 78.2 Å². The number of allylic oxidation sites excluding steroid dienone is 2. The molecule has 0 unspecified atom stereocenters. The fraction of sp³-hybridized carbons (Fsp3) is 0.320. The van der Waals surface area contributed by atoms with Crippen LogP contribution in [0.1, 0.15) is 22.5 Å². The standard InChI is InChI=1S/C25H30N4O2/c1-17-12-18(2)27-23(17)15-24-25(30-3)14-20(28-24)13-19(16-29-8-10-31-11-9-29)21-6-4-5-7-22(21)26/h4-7,12-15,27H,8-11,16,26H2,1-3H3/b19-13+,24-15-. The molecule has 31 heavy (non-hydrogen) atoms. The van der Waals surface area contributed by atoms with Crippen molar-refractivity contribution in [1.29, 1.82) is 0 Å². The number of aromatic nitrogens is 1. The number of morpholine rings is 1. The van der Waals surface area contributed by atoms with Crippen LogP contribution in [0.5, 0.6) is 0 Å². The van der Waals surface area contributed by atoms with Gasteiger partial charge in [-0.2, -0.15) is 0 Å². The number of H-pyrrole nitrogens is 1. The molecule has 162 valence electrons. The maximum Gasteiger partial charge on any atom is 0.146 e. The fourth-order valence-corrected chi connectivity index (χ4v) is 3.99. The average molecular weight is 419 g/mol. The van der Waals surface area contributed by atoms with Crippen LogP contribution in [0.3, 0.4) is 0 Å². The normalized spacial score (nSPS) is 18.9. The highest BCUT2D eigenvalue weighted by Gasteiger charge is 2.18. The topological polar surface area (TPSA) is 75.9 Å². The Balaban J connectivity index is 1.69. The molecular formula is C25H30N4O2. The molecule has 0 bridgehead atoms. The Hall–Kier alpha value is -3.09. The van der Waals surface area contributed by atoms with Crippen molar-refractivity contribution >= 4 is 23.0 Å². The third-order valence-electron chi connectivity index (χ3n) is 5.60. The van der Waals surface area contributed by atoms with Gasteiger partial charge in [-0.15, -0.1) is 0 Å². The molecule has 1 saturated heterocycles. The minimum Gasteiger partial charge on any atom is -0.494 e. The second-order valence-corrected chi connectivity index (χ2v) is 7.97. The molecule has 0 aliphatic carbocycles. The van der Waals surface area contributed by atoms with Gasteiger partial charge in [0, 0.05) is 48.3 Å². The van der Waals surface area contributed by atoms with Crippen LogP contribution in [-0.4, -0.2) is 55.6 Å². The second-order valence-electron chi connectivity index (χ2n) is 7.97. The van der Waals surface area contributed by atoms with Crippen LogP contribution >= 0.6 is 0 Å². The number of benzene rings is 1. The fourth-order valence-electron chi connectivity index (χ4n) is 3.99. The third-order valence-corrected chi connectivity index (χ3v) is 5.60. The summed E-state index contributed by atoms with van der Waals surface area (Å²) in [6.45, 7) is 8.27. The number of rotatable bonds is 6. The number of aromatic amines is 1. The van der Waals surface area contributed by atoms with Crippen LogP contribution in [-0.2, 0) is 9.47 Å². The first kappa shape index (κ1) is 21.2. The summed E-state index contributed by atoms with van der Waals surface area (Å²) in [7, 11) is 1.68. The van der Waals surface area contributed by atoms with E-state index in [4.69, 9.17) is 20.2 Å². The number of nitrogens with two attached hydrogens (primary N) is 1. The number of para-hydroxylation sites is 1. The Kier molecular flexibility index (Phi) is 6.39. The molecule has 1 aromatic carbocycles. The first-order valence-electron chi connectivity index (χ1n) is 10.6. The SMILES string of the molecule is COC1=CC(/C=C(\CN2CCOCC2)c2ccccc2N)=NC/1=C\c1[nH]c(C)cc1C. The Bertz CT molecular complexity index is 1070. The predicted octanol–water partition coefficient (Wildman–Crippen LogP) is 3.96. The number of nitrogens with one attached hydrogen (secondary N) is 1. The highest BCUT2D eigenvalue weighted by molar-refractivity contribution is 6.12. The van der Waals surface area contributed by atoms with Gasteiger partial charge in [0.05, 0.1) is 26.0 Å². The van der Waals surface area contributed by atoms with Gasteiger partial charge in [0.25, 0.3) is 0 Å². The van der Waals surface area contributed by atoms with Crippen LogP contribution in [0.15, 0.2) is 58.9 Å². The van der Waals surface area contributed by atoms with E-state index in [1.165, 1.54) is 5.56 Å². The molecule has 0 spiro atoms. The summed E-state index contributed by atoms with van der Waals surface area (Å²) in [5.41, 5.74) is 14.3. The summed E-state index contributed by atoms with van der Waals surface area (Å²) in [5, 5.41) is 0. The van der Waals surface area contributed by atoms with E-state index in [1.807, 2.05) is 30.4 Å². The molecule has 1 aromatic heterocycles. The number of ether oxygens (including phenoxy) is 2. The Morgan fingerprint density at radius 1 is 1.26 bits per heavy atom. The molecule has 0 atom stereocenters. The van der Waals surface area contributed by atoms with Gasteiger partial charge in [-0.3, -0.25) is 4.90 Å². The van der Waals surface area contributed by atoms with E-state index in [1.54, 1.807) is 7.11 Å². The molecule has 2 aliphatic rings. The molecule has 2 aliphatic heterocycles. The van der Waals surface area contributed by atoms with Crippen LogP contribution in [0.2, 0.25) is 0 Å². The lowest BCUT2D eigenvalue weighted by molar-refractivity contribution is 0.0444. The van der Waals surface area contributed by atoms with Gasteiger partial charge < -0.3 is 20.2 Å². The van der Waals surface area contributed by atoms with Crippen molar-refractivity contribution in [3.63, 3.8) is 0 Å². The number of nitrogens with zero attached hydrogens (tertiary/aromatic N) is 2. The van der Waals surface area contributed by atoms with Crippen molar-refractivity contribution < 1.29 is 9.47 Å². The number of hydrogen-bond donors (Lipinski definition) is 2. The van der Waals surface area contributed by atoms with Crippen molar-refractivity contribution in [3.05, 3.63) is 76.5 Å². The largest absolute Gasteiger partial charge is 0.494 e. The second kappa shape index (κ2) is 9.37. The zero-order chi connectivity index (χ0) is 21.8. The molecule has 0 amide bonds. The van der Waals surface area contributed by atoms with Gasteiger partial charge in [0.15, 0.2) is 0 Å². The van der Waals surface area contributed by atoms with Gasteiger partial charge in [-0.1, -0.05) is 18.2 Å². The smallest absolute Gasteiger partial charge is 0.146 e. The molecule has 3 heterocycles. The van der Waals surface area contributed by atoms with Crippen molar-refractivity contribution in [2.45, 2.75) is 13.8 Å². The molecular weight excluding hydrogens is 388 g/mol. The minimum atomic E-state index is 0.754. The molecule has 6 heteroatoms. The van der Waals surface area contributed by atoms with E-state index in [-0.39, 0.29) is 0 Å². The van der Waals surface area contributed by atoms with Gasteiger partial charge in [-0.25, -0.2) is 4.99 Å². The summed E-state index contributed by atoms with van der Waals surface area (Å²) in [6.07, 6.45) is 6.14. The van der Waals surface area contributed by atoms with Crippen molar-refractivity contribution in [3.8, 4) is 0 Å². The van der Waals surface area contributed by atoms with Crippen molar-refractivity contribution in [2.75, 3.05) is 45.7 Å². The molecule has 4 rings (SSSR count). The maximum atomic E-state index is 6.32. The van der Waals surface area contributed by atoms with Crippen LogP contribution < -0.4 is 5.73 Å². The summed E-state index contributed by atoms with van der Waals surface area (Å²) >= 11 is 0. The van der Waals surface area contributed by atoms with E-state index in [2.05, 4.69) is 41.9 Å². The molecule has 0 radical (unpaired) electrons. The van der Waals surface area contributed by atoms with E-state index < -0.39 is 0 Å². The van der Waals surface area contributed by atoms with Crippen LogP contribution in [0, 0.1) is 13.8 Å². The molecule has 3 N–H and O–H groups in total. The lowest BCUT2D eigenvalue weighted by atomic mass is 10.0. The van der Waals surface area contributed by atoms with Gasteiger partial charge in [0.2, 0.25) is 0 Å². The molecule has 0 saturated carbocycles. The molecule has 2 aromatic rings. The number of hydrogen-bond acceptors (Lipinski definition) is 5. The highest BCUT2D eigenvalue weighted by atomic mass is 16.5. The van der Waals surface area contributed by atoms with Gasteiger partial charge in [0.1, 0.15) is 11.5 Å². The minimum absolute atomic E-state index is 0.754. The van der Waals surface area contributed by atoms with Crippen molar-refractivity contribution in [1.82, 2.24) is 9.88 Å². The summed E-state index contributed by atoms with van der Waals surface area (Å²) in [6, 6.07) is 10.1. The number of nitrogen functional groups attached to an aromatic ring is 1. The van der Waals surface area contributed by atoms with E-state index in [0.29, 0.717) is 0 Å². The highest BCUT2D eigenvalue weighted by Crippen LogP contribution is 2.27. The quantitative estimate of drug-likeness (QED) is 0.697. The van der Waals surface area contributed by atoms with Crippen molar-refractivity contribution in [2.24, 2.45) is 4.99 Å². The molecule has 1 fully saturated rings. The summed E-state index contributed by atoms with van der Waals surface area (Å²) < 4.78 is 11.1. The Morgan fingerprint density at radius 3 is 2.71 bits per heavy atom. The third kappa shape index (κ3) is 4.98. The molecule has 6 nitrogen and oxygen atoms in total. The summed E-state index contributed by atoms with van der Waals surface area (Å²) in [4.78, 5) is 10.6. The van der Waals surface area contributed by atoms with Gasteiger partial charge >= 0.3 is 0 Å². The lowest BCUT2D eigenvalue weighted by Crippen LogP contribution is -2.37. The lowest BCUT2D eigenvalue weighted by Gasteiger charge is -2.28. The number of aryl methyl sites for hydroxylation is 2. The Labute approximate surface area is 183 Å². The summed E-state index contributed by atoms with van der Waals surface area (Å²) in [5.74, 6) is 0.754. The number of aliphatic imine (C=N–C) groups is 1. The number of anilines is 1. The van der Waals surface area contributed by atoms with Gasteiger partial charge in [-0.05, 0) is 49.3 Å². The van der Waals surface area contributed by atoms with E-state index >= 15 is 0 Å². The van der Waals surface area contributed by atoms with Crippen LogP contribution in [0.4, 0.5) is 5.69 Å². The predicted molar refractivity (Wildman–Crippen MR) is 127 cm³/mol.